The number of benzene rings is 2. The fraction of sp³-hybridized carbons (Fsp3) is 0.409. The number of hydrogen-bond donors (Lipinski definition) is 3. The number of aliphatic hydroxyl groups excluding tert-OH is 3. The Bertz CT molecular complexity index is 818. The lowest BCUT2D eigenvalue weighted by atomic mass is 9.86. The second-order valence-corrected chi connectivity index (χ2v) is 7.19. The van der Waals surface area contributed by atoms with Gasteiger partial charge in [0, 0.05) is 5.92 Å². The molecule has 3 N–H and O–H groups in total. The van der Waals surface area contributed by atoms with Crippen LogP contribution in [-0.4, -0.2) is 53.3 Å². The number of esters is 1. The van der Waals surface area contributed by atoms with E-state index in [0.29, 0.717) is 17.1 Å². The molecule has 1 heterocycles. The van der Waals surface area contributed by atoms with Gasteiger partial charge in [-0.3, -0.25) is 4.79 Å². The van der Waals surface area contributed by atoms with Gasteiger partial charge in [0.2, 0.25) is 0 Å². The second kappa shape index (κ2) is 9.37. The van der Waals surface area contributed by atoms with Crippen LogP contribution in [0.2, 0.25) is 0 Å². The summed E-state index contributed by atoms with van der Waals surface area (Å²) < 4.78 is 16.3. The van der Waals surface area contributed by atoms with Crippen LogP contribution in [0.4, 0.5) is 0 Å². The quantitative estimate of drug-likeness (QED) is 0.635. The summed E-state index contributed by atoms with van der Waals surface area (Å²) >= 11 is 0. The Morgan fingerprint density at radius 2 is 1.79 bits per heavy atom. The lowest BCUT2D eigenvalue weighted by molar-refractivity contribution is -0.206. The maximum atomic E-state index is 11.4. The fourth-order valence-corrected chi connectivity index (χ4v) is 3.41. The van der Waals surface area contributed by atoms with Crippen molar-refractivity contribution < 1.29 is 34.3 Å². The molecule has 5 unspecified atom stereocenters. The number of hydrogen-bond acceptors (Lipinski definition) is 7. The molecule has 2 aromatic rings. The summed E-state index contributed by atoms with van der Waals surface area (Å²) in [7, 11) is 1.35. The first-order valence-electron chi connectivity index (χ1n) is 9.49. The van der Waals surface area contributed by atoms with Crippen molar-refractivity contribution in [3.05, 3.63) is 59.7 Å². The molecule has 3 rings (SSSR count). The average Bonchev–Trinajstić information content (AvgIpc) is 2.73. The lowest BCUT2D eigenvalue weighted by Gasteiger charge is -2.41. The van der Waals surface area contributed by atoms with Crippen LogP contribution in [-0.2, 0) is 20.7 Å². The number of ether oxygens (including phenoxy) is 3. The Labute approximate surface area is 169 Å². The van der Waals surface area contributed by atoms with Crippen molar-refractivity contribution in [1.82, 2.24) is 0 Å². The van der Waals surface area contributed by atoms with Crippen molar-refractivity contribution in [3.8, 4) is 11.5 Å². The zero-order chi connectivity index (χ0) is 21.0. The highest BCUT2D eigenvalue weighted by Gasteiger charge is 2.42. The molecule has 29 heavy (non-hydrogen) atoms. The van der Waals surface area contributed by atoms with Crippen LogP contribution in [0.25, 0.3) is 0 Å². The third-order valence-corrected chi connectivity index (χ3v) is 5.21. The number of rotatable bonds is 6. The summed E-state index contributed by atoms with van der Waals surface area (Å²) in [6.45, 7) is 1.50. The Balaban J connectivity index is 1.70. The van der Waals surface area contributed by atoms with Gasteiger partial charge in [-0.15, -0.1) is 0 Å². The van der Waals surface area contributed by atoms with Gasteiger partial charge in [0.1, 0.15) is 23.7 Å². The first kappa shape index (κ1) is 21.3. The van der Waals surface area contributed by atoms with Gasteiger partial charge in [-0.25, -0.2) is 0 Å². The van der Waals surface area contributed by atoms with E-state index in [0.717, 1.165) is 5.56 Å². The molecular weight excluding hydrogens is 376 g/mol. The van der Waals surface area contributed by atoms with Gasteiger partial charge < -0.3 is 29.5 Å². The SMILES string of the molecule is COC(=O)Cc1cccc(Oc2ccc(C3OC(CO)C(C)C(O)C3O)cc2)c1. The van der Waals surface area contributed by atoms with Crippen LogP contribution in [0.1, 0.15) is 24.2 Å². The van der Waals surface area contributed by atoms with E-state index in [1.807, 2.05) is 6.07 Å². The molecule has 7 nitrogen and oxygen atoms in total. The van der Waals surface area contributed by atoms with Crippen LogP contribution in [0.15, 0.2) is 48.5 Å². The monoisotopic (exact) mass is 402 g/mol. The molecule has 7 heteroatoms. The summed E-state index contributed by atoms with van der Waals surface area (Å²) in [6.07, 6.45) is -3.20. The lowest BCUT2D eigenvalue weighted by Crippen LogP contribution is -2.50. The fourth-order valence-electron chi connectivity index (χ4n) is 3.41. The Morgan fingerprint density at radius 1 is 1.07 bits per heavy atom. The molecule has 156 valence electrons. The molecule has 5 atom stereocenters. The summed E-state index contributed by atoms with van der Waals surface area (Å²) in [5.41, 5.74) is 1.46. The van der Waals surface area contributed by atoms with Crippen LogP contribution in [0.5, 0.6) is 11.5 Å². The van der Waals surface area contributed by atoms with Gasteiger partial charge >= 0.3 is 5.97 Å². The van der Waals surface area contributed by atoms with E-state index in [2.05, 4.69) is 4.74 Å². The zero-order valence-electron chi connectivity index (χ0n) is 16.4. The van der Waals surface area contributed by atoms with Gasteiger partial charge in [0.15, 0.2) is 0 Å². The van der Waals surface area contributed by atoms with E-state index in [-0.39, 0.29) is 24.9 Å². The molecule has 0 amide bonds. The number of aliphatic hydroxyl groups is 3. The van der Waals surface area contributed by atoms with Crippen LogP contribution in [0, 0.1) is 5.92 Å². The molecule has 2 aromatic carbocycles. The minimum Gasteiger partial charge on any atom is -0.469 e. The molecule has 1 aliphatic heterocycles. The van der Waals surface area contributed by atoms with Gasteiger partial charge in [-0.2, -0.15) is 0 Å². The highest BCUT2D eigenvalue weighted by molar-refractivity contribution is 5.72. The molecule has 1 aliphatic rings. The van der Waals surface area contributed by atoms with Gasteiger partial charge in [-0.1, -0.05) is 31.2 Å². The zero-order valence-corrected chi connectivity index (χ0v) is 16.4. The third kappa shape index (κ3) is 4.94. The summed E-state index contributed by atoms with van der Waals surface area (Å²) in [5, 5.41) is 30.1. The first-order chi connectivity index (χ1) is 13.9. The highest BCUT2D eigenvalue weighted by atomic mass is 16.5. The molecule has 1 fully saturated rings. The molecule has 1 saturated heterocycles. The smallest absolute Gasteiger partial charge is 0.309 e. The standard InChI is InChI=1S/C22H26O7/c1-13-18(12-23)29-22(21(26)20(13)25)15-6-8-16(9-7-15)28-17-5-3-4-14(10-17)11-19(24)27-2/h3-10,13,18,20-23,25-26H,11-12H2,1-2H3. The van der Waals surface area contributed by atoms with Crippen LogP contribution < -0.4 is 4.74 Å². The van der Waals surface area contributed by atoms with E-state index < -0.39 is 24.4 Å². The maximum Gasteiger partial charge on any atom is 0.309 e. The largest absolute Gasteiger partial charge is 0.469 e. The van der Waals surface area contributed by atoms with Crippen LogP contribution >= 0.6 is 0 Å². The molecule has 0 aromatic heterocycles. The van der Waals surface area contributed by atoms with Gasteiger partial charge in [0.25, 0.3) is 0 Å². The minimum absolute atomic E-state index is 0.163. The van der Waals surface area contributed by atoms with Crippen molar-refractivity contribution >= 4 is 5.97 Å². The predicted octanol–water partition coefficient (Wildman–Crippen LogP) is 1.98. The number of methoxy groups -OCH3 is 1. The first-order valence-corrected chi connectivity index (χ1v) is 9.49. The number of carbonyl (C=O) groups excluding carboxylic acids is 1. The topological polar surface area (TPSA) is 105 Å². The average molecular weight is 402 g/mol. The Kier molecular flexibility index (Phi) is 6.87. The van der Waals surface area contributed by atoms with E-state index >= 15 is 0 Å². The van der Waals surface area contributed by atoms with Crippen LogP contribution in [0.3, 0.4) is 0 Å². The predicted molar refractivity (Wildman–Crippen MR) is 105 cm³/mol. The minimum atomic E-state index is -1.09. The van der Waals surface area contributed by atoms with Crippen molar-refractivity contribution in [3.63, 3.8) is 0 Å². The molecule has 0 aliphatic carbocycles. The van der Waals surface area contributed by atoms with Crippen molar-refractivity contribution in [1.29, 1.82) is 0 Å². The summed E-state index contributed by atoms with van der Waals surface area (Å²) in [5.74, 6) is 0.459. The van der Waals surface area contributed by atoms with E-state index in [1.54, 1.807) is 49.4 Å². The Morgan fingerprint density at radius 3 is 2.45 bits per heavy atom. The summed E-state index contributed by atoms with van der Waals surface area (Å²) in [4.78, 5) is 11.4. The second-order valence-electron chi connectivity index (χ2n) is 7.19. The van der Waals surface area contributed by atoms with Crippen molar-refractivity contribution in [2.45, 2.75) is 37.8 Å². The van der Waals surface area contributed by atoms with E-state index in [4.69, 9.17) is 9.47 Å². The number of carbonyl (C=O) groups is 1. The van der Waals surface area contributed by atoms with Gasteiger partial charge in [-0.05, 0) is 35.4 Å². The molecule has 0 radical (unpaired) electrons. The molecule has 0 saturated carbocycles. The molecule has 0 spiro atoms. The van der Waals surface area contributed by atoms with Gasteiger partial charge in [0.05, 0.1) is 32.3 Å². The van der Waals surface area contributed by atoms with E-state index in [9.17, 15) is 20.1 Å². The van der Waals surface area contributed by atoms with Crippen molar-refractivity contribution in [2.75, 3.05) is 13.7 Å². The van der Waals surface area contributed by atoms with E-state index in [1.165, 1.54) is 7.11 Å². The molecule has 0 bridgehead atoms. The maximum absolute atomic E-state index is 11.4. The Hall–Kier alpha value is -2.45. The molecular formula is C22H26O7. The normalized spacial score (nSPS) is 26.7. The summed E-state index contributed by atoms with van der Waals surface area (Å²) in [6, 6.07) is 14.1. The third-order valence-electron chi connectivity index (χ3n) is 5.21. The van der Waals surface area contributed by atoms with Crippen molar-refractivity contribution in [2.24, 2.45) is 5.92 Å². The highest BCUT2D eigenvalue weighted by Crippen LogP contribution is 2.36.